The van der Waals surface area contributed by atoms with E-state index in [1.807, 2.05) is 0 Å². The Morgan fingerprint density at radius 3 is 2.67 bits per heavy atom. The highest BCUT2D eigenvalue weighted by atomic mass is 79.9. The van der Waals surface area contributed by atoms with Gasteiger partial charge in [0.15, 0.2) is 0 Å². The van der Waals surface area contributed by atoms with Gasteiger partial charge < -0.3 is 10.5 Å². The minimum absolute atomic E-state index is 0.0633. The van der Waals surface area contributed by atoms with Crippen LogP contribution in [0.25, 0.3) is 0 Å². The van der Waals surface area contributed by atoms with E-state index in [0.717, 1.165) is 12.1 Å². The third-order valence-electron chi connectivity index (χ3n) is 2.59. The molecule has 2 aromatic carbocycles. The van der Waals surface area contributed by atoms with Gasteiger partial charge in [0.1, 0.15) is 27.6 Å². The van der Waals surface area contributed by atoms with E-state index in [-0.39, 0.29) is 33.1 Å². The maximum atomic E-state index is 13.2. The van der Waals surface area contributed by atoms with Crippen molar-refractivity contribution in [3.8, 4) is 11.5 Å². The van der Waals surface area contributed by atoms with Gasteiger partial charge in [0.2, 0.25) is 0 Å². The van der Waals surface area contributed by atoms with E-state index in [2.05, 4.69) is 15.9 Å². The molecule has 6 nitrogen and oxygen atoms in total. The molecule has 21 heavy (non-hydrogen) atoms. The fourth-order valence-electron chi connectivity index (χ4n) is 1.64. The molecule has 3 N–H and O–H groups in total. The number of nitrogens with one attached hydrogen (secondary N) is 1. The molecule has 0 aliphatic rings. The summed E-state index contributed by atoms with van der Waals surface area (Å²) in [6.45, 7) is 0. The van der Waals surface area contributed by atoms with Crippen LogP contribution in [0.5, 0.6) is 11.5 Å². The highest BCUT2D eigenvalue weighted by Gasteiger charge is 2.18. The lowest BCUT2D eigenvalue weighted by atomic mass is 10.2. The second-order valence-electron chi connectivity index (χ2n) is 4.00. The molecule has 0 aromatic heterocycles. The number of benzene rings is 2. The number of nitro benzene ring substituents is 1. The van der Waals surface area contributed by atoms with E-state index in [4.69, 9.17) is 15.9 Å². The second-order valence-corrected chi connectivity index (χ2v) is 4.80. The number of nitrogens with two attached hydrogens (primary N) is 1. The molecule has 108 valence electrons. The quantitative estimate of drug-likeness (QED) is 0.379. The Morgan fingerprint density at radius 2 is 2.05 bits per heavy atom. The molecule has 0 heterocycles. The number of hydrogen-bond donors (Lipinski definition) is 2. The first-order valence-corrected chi connectivity index (χ1v) is 6.44. The SMILES string of the molecule is N=C(N)c1cc(F)ccc1Oc1cccc([N+](=O)[O-])c1Br. The molecule has 0 radical (unpaired) electrons. The van der Waals surface area contributed by atoms with Crippen LogP contribution in [0.3, 0.4) is 0 Å². The maximum absolute atomic E-state index is 13.2. The van der Waals surface area contributed by atoms with E-state index < -0.39 is 10.7 Å². The predicted octanol–water partition coefficient (Wildman–Crippen LogP) is 3.57. The van der Waals surface area contributed by atoms with E-state index in [1.54, 1.807) is 0 Å². The molecule has 0 unspecified atom stereocenters. The largest absolute Gasteiger partial charge is 0.455 e. The average molecular weight is 354 g/mol. The molecule has 0 aliphatic heterocycles. The van der Waals surface area contributed by atoms with E-state index in [0.29, 0.717) is 0 Å². The van der Waals surface area contributed by atoms with Crippen molar-refractivity contribution < 1.29 is 14.1 Å². The van der Waals surface area contributed by atoms with E-state index >= 15 is 0 Å². The third-order valence-corrected chi connectivity index (χ3v) is 3.39. The van der Waals surface area contributed by atoms with Crippen molar-refractivity contribution in [2.75, 3.05) is 0 Å². The minimum Gasteiger partial charge on any atom is -0.455 e. The van der Waals surface area contributed by atoms with Gasteiger partial charge in [-0.25, -0.2) is 4.39 Å². The van der Waals surface area contributed by atoms with Gasteiger partial charge in [-0.05, 0) is 40.2 Å². The number of rotatable bonds is 4. The lowest BCUT2D eigenvalue weighted by Crippen LogP contribution is -2.12. The van der Waals surface area contributed by atoms with Gasteiger partial charge in [-0.15, -0.1) is 0 Å². The number of nitrogens with zero attached hydrogens (tertiary/aromatic N) is 1. The fraction of sp³-hybridized carbons (Fsp3) is 0. The van der Waals surface area contributed by atoms with Crippen LogP contribution in [0.2, 0.25) is 0 Å². The summed E-state index contributed by atoms with van der Waals surface area (Å²) in [7, 11) is 0. The van der Waals surface area contributed by atoms with Crippen LogP contribution in [0.15, 0.2) is 40.9 Å². The van der Waals surface area contributed by atoms with Crippen molar-refractivity contribution in [3.05, 3.63) is 62.4 Å². The smallest absolute Gasteiger partial charge is 0.287 e. The molecule has 2 aromatic rings. The molecule has 0 fully saturated rings. The Balaban J connectivity index is 2.46. The van der Waals surface area contributed by atoms with Gasteiger partial charge in [0, 0.05) is 6.07 Å². The first-order chi connectivity index (χ1) is 9.90. The van der Waals surface area contributed by atoms with Crippen molar-refractivity contribution >= 4 is 27.5 Å². The summed E-state index contributed by atoms with van der Waals surface area (Å²) in [4.78, 5) is 10.3. The summed E-state index contributed by atoms with van der Waals surface area (Å²) < 4.78 is 18.8. The normalized spacial score (nSPS) is 10.2. The number of hydrogen-bond acceptors (Lipinski definition) is 4. The predicted molar refractivity (Wildman–Crippen MR) is 78.3 cm³/mol. The number of halogens is 2. The summed E-state index contributed by atoms with van der Waals surface area (Å²) in [6, 6.07) is 7.78. The molecule has 8 heteroatoms. The van der Waals surface area contributed by atoms with Crippen LogP contribution in [0.4, 0.5) is 10.1 Å². The highest BCUT2D eigenvalue weighted by molar-refractivity contribution is 9.10. The van der Waals surface area contributed by atoms with Crippen LogP contribution >= 0.6 is 15.9 Å². The Kier molecular flexibility index (Phi) is 4.18. The van der Waals surface area contributed by atoms with Crippen molar-refractivity contribution in [2.24, 2.45) is 5.73 Å². The lowest BCUT2D eigenvalue weighted by Gasteiger charge is -2.11. The first-order valence-electron chi connectivity index (χ1n) is 5.65. The zero-order valence-corrected chi connectivity index (χ0v) is 12.1. The van der Waals surface area contributed by atoms with Crippen molar-refractivity contribution in [1.29, 1.82) is 5.41 Å². The van der Waals surface area contributed by atoms with Crippen LogP contribution in [-0.4, -0.2) is 10.8 Å². The van der Waals surface area contributed by atoms with Gasteiger partial charge in [0.25, 0.3) is 5.69 Å². The van der Waals surface area contributed by atoms with Crippen molar-refractivity contribution in [1.82, 2.24) is 0 Å². The molecular weight excluding hydrogens is 345 g/mol. The molecule has 0 saturated heterocycles. The second kappa shape index (κ2) is 5.88. The van der Waals surface area contributed by atoms with E-state index in [1.165, 1.54) is 24.3 Å². The zero-order valence-electron chi connectivity index (χ0n) is 10.5. The molecule has 0 saturated carbocycles. The molecule has 0 bridgehead atoms. The molecule has 2 rings (SSSR count). The topological polar surface area (TPSA) is 102 Å². The molecule has 0 aliphatic carbocycles. The van der Waals surface area contributed by atoms with Gasteiger partial charge >= 0.3 is 0 Å². The van der Waals surface area contributed by atoms with Crippen LogP contribution in [-0.2, 0) is 0 Å². The van der Waals surface area contributed by atoms with Crippen molar-refractivity contribution in [2.45, 2.75) is 0 Å². The molecule has 0 atom stereocenters. The van der Waals surface area contributed by atoms with Crippen LogP contribution in [0, 0.1) is 21.3 Å². The number of nitrogen functional groups attached to an aromatic ring is 1. The van der Waals surface area contributed by atoms with Gasteiger partial charge in [-0.3, -0.25) is 15.5 Å². The fourth-order valence-corrected chi connectivity index (χ4v) is 2.13. The summed E-state index contributed by atoms with van der Waals surface area (Å²) in [5, 5.41) is 18.3. The van der Waals surface area contributed by atoms with Crippen LogP contribution in [0.1, 0.15) is 5.56 Å². The van der Waals surface area contributed by atoms with Gasteiger partial charge in [0.05, 0.1) is 10.5 Å². The Hall–Kier alpha value is -2.48. The van der Waals surface area contributed by atoms with Gasteiger partial charge in [-0.2, -0.15) is 0 Å². The summed E-state index contributed by atoms with van der Waals surface area (Å²) in [5.74, 6) is -0.639. The first kappa shape index (κ1) is 14.9. The van der Waals surface area contributed by atoms with E-state index in [9.17, 15) is 14.5 Å². The Morgan fingerprint density at radius 1 is 1.33 bits per heavy atom. The zero-order chi connectivity index (χ0) is 15.6. The number of nitro groups is 1. The van der Waals surface area contributed by atoms with Gasteiger partial charge in [-0.1, -0.05) is 6.07 Å². The standard InChI is InChI=1S/C13H9BrFN3O3/c14-12-9(18(19)20)2-1-3-11(12)21-10-5-4-7(15)6-8(10)13(16)17/h1-6H,(H3,16,17). The Bertz CT molecular complexity index is 737. The third kappa shape index (κ3) is 3.16. The minimum atomic E-state index is -0.564. The Labute approximate surface area is 127 Å². The monoisotopic (exact) mass is 353 g/mol. The molecule has 0 amide bonds. The average Bonchev–Trinajstić information content (AvgIpc) is 2.42. The summed E-state index contributed by atoms with van der Waals surface area (Å²) in [6.07, 6.45) is 0. The highest BCUT2D eigenvalue weighted by Crippen LogP contribution is 2.37. The van der Waals surface area contributed by atoms with Crippen LogP contribution < -0.4 is 10.5 Å². The molecular formula is C13H9BrFN3O3. The maximum Gasteiger partial charge on any atom is 0.287 e. The van der Waals surface area contributed by atoms with Crippen molar-refractivity contribution in [3.63, 3.8) is 0 Å². The number of amidine groups is 1. The number of ether oxygens (including phenoxy) is 1. The summed E-state index contributed by atoms with van der Waals surface area (Å²) in [5.41, 5.74) is 5.27. The molecule has 0 spiro atoms. The lowest BCUT2D eigenvalue weighted by molar-refractivity contribution is -0.385. The summed E-state index contributed by atoms with van der Waals surface area (Å²) >= 11 is 3.09.